The maximum atomic E-state index is 10.7. The third kappa shape index (κ3) is 11.5. The molecule has 0 aliphatic carbocycles. The normalized spacial score (nSPS) is 12.4. The van der Waals surface area contributed by atoms with Crippen molar-refractivity contribution >= 4 is 20.2 Å². The van der Waals surface area contributed by atoms with Crippen molar-refractivity contribution in [3.63, 3.8) is 0 Å². The van der Waals surface area contributed by atoms with Crippen LogP contribution in [0.5, 0.6) is 0 Å². The summed E-state index contributed by atoms with van der Waals surface area (Å²) in [7, 11) is -11.7. The molecular formula is C2H2F6Fe2O6S2. The van der Waals surface area contributed by atoms with Gasteiger partial charge in [0, 0.05) is 34.1 Å². The van der Waals surface area contributed by atoms with Gasteiger partial charge < -0.3 is 0 Å². The van der Waals surface area contributed by atoms with Crippen molar-refractivity contribution in [3.8, 4) is 0 Å². The van der Waals surface area contributed by atoms with E-state index in [4.69, 9.17) is 25.9 Å². The van der Waals surface area contributed by atoms with Gasteiger partial charge in [0.05, 0.1) is 0 Å². The van der Waals surface area contributed by atoms with E-state index in [9.17, 15) is 26.3 Å². The molecule has 0 rings (SSSR count). The quantitative estimate of drug-likeness (QED) is 0.264. The van der Waals surface area contributed by atoms with E-state index in [1.54, 1.807) is 0 Å². The summed E-state index contributed by atoms with van der Waals surface area (Å²) in [6.07, 6.45) is 0. The van der Waals surface area contributed by atoms with Gasteiger partial charge in [-0.1, -0.05) is 0 Å². The largest absolute Gasteiger partial charge is 0.522 e. The van der Waals surface area contributed by atoms with Gasteiger partial charge in [-0.3, -0.25) is 9.11 Å². The van der Waals surface area contributed by atoms with Crippen molar-refractivity contribution in [3.05, 3.63) is 0 Å². The van der Waals surface area contributed by atoms with Crippen molar-refractivity contribution in [1.82, 2.24) is 0 Å². The number of alkyl halides is 6. The number of hydrogen-bond donors (Lipinski definition) is 2. The summed E-state index contributed by atoms with van der Waals surface area (Å²) < 4.78 is 115. The minimum absolute atomic E-state index is 0. The Balaban J connectivity index is -0.0000000980. The van der Waals surface area contributed by atoms with Gasteiger partial charge in [0.25, 0.3) is 0 Å². The molecule has 0 aromatic carbocycles. The fourth-order valence-corrected chi connectivity index (χ4v) is 0. The Morgan fingerprint density at radius 3 is 0.667 bits per heavy atom. The Morgan fingerprint density at radius 2 is 0.667 bits per heavy atom. The average molecular weight is 412 g/mol. The molecule has 0 unspecified atom stereocenters. The molecular weight excluding hydrogens is 410 g/mol. The van der Waals surface area contributed by atoms with Crippen LogP contribution in [0.3, 0.4) is 0 Å². The summed E-state index contributed by atoms with van der Waals surface area (Å²) in [6, 6.07) is 0. The van der Waals surface area contributed by atoms with Crippen molar-refractivity contribution in [2.45, 2.75) is 11.0 Å². The topological polar surface area (TPSA) is 109 Å². The molecule has 0 heterocycles. The van der Waals surface area contributed by atoms with Gasteiger partial charge >= 0.3 is 31.3 Å². The summed E-state index contributed by atoms with van der Waals surface area (Å²) in [4.78, 5) is 0. The van der Waals surface area contributed by atoms with Gasteiger partial charge in [-0.15, -0.1) is 0 Å². The third-order valence-electron chi connectivity index (χ3n) is 0.585. The molecule has 6 nitrogen and oxygen atoms in total. The summed E-state index contributed by atoms with van der Waals surface area (Å²) in [6.45, 7) is 0. The van der Waals surface area contributed by atoms with Gasteiger partial charge in [0.2, 0.25) is 0 Å². The Labute approximate surface area is 118 Å². The second kappa shape index (κ2) is 7.89. The molecule has 116 valence electrons. The predicted octanol–water partition coefficient (Wildman–Crippen LogP) is 0.783. The predicted molar refractivity (Wildman–Crippen MR) is 35.2 cm³/mol. The summed E-state index contributed by atoms with van der Waals surface area (Å²) in [5, 5.41) is 0. The summed E-state index contributed by atoms with van der Waals surface area (Å²) in [5.74, 6) is 0. The zero-order valence-corrected chi connectivity index (χ0v) is 11.2. The van der Waals surface area contributed by atoms with Crippen LogP contribution in [0.1, 0.15) is 0 Å². The van der Waals surface area contributed by atoms with Crippen LogP contribution in [-0.4, -0.2) is 37.0 Å². The molecule has 0 amide bonds. The molecule has 0 aliphatic rings. The van der Waals surface area contributed by atoms with Crippen molar-refractivity contribution in [2.24, 2.45) is 0 Å². The van der Waals surface area contributed by atoms with Crippen LogP contribution in [-0.2, 0) is 54.4 Å². The first-order chi connectivity index (χ1) is 6.50. The van der Waals surface area contributed by atoms with Gasteiger partial charge in [-0.2, -0.15) is 43.2 Å². The molecule has 0 aliphatic heterocycles. The van der Waals surface area contributed by atoms with Gasteiger partial charge in [0.15, 0.2) is 0 Å². The van der Waals surface area contributed by atoms with Gasteiger partial charge in [0.1, 0.15) is 0 Å². The number of hydrogen-bond acceptors (Lipinski definition) is 4. The van der Waals surface area contributed by atoms with Crippen molar-refractivity contribution in [2.75, 3.05) is 0 Å². The van der Waals surface area contributed by atoms with Crippen molar-refractivity contribution < 1.29 is 86.4 Å². The Hall–Kier alpha value is 0.439. The van der Waals surface area contributed by atoms with Crippen LogP contribution < -0.4 is 0 Å². The van der Waals surface area contributed by atoms with Crippen molar-refractivity contribution in [1.29, 1.82) is 0 Å². The van der Waals surface area contributed by atoms with Crippen LogP contribution in [0.15, 0.2) is 0 Å². The Bertz CT molecular complexity index is 378. The fourth-order valence-electron chi connectivity index (χ4n) is 0. The third-order valence-corrected chi connectivity index (χ3v) is 1.75. The molecule has 0 fully saturated rings. The van der Waals surface area contributed by atoms with Crippen LogP contribution in [0.2, 0.25) is 0 Å². The number of rotatable bonds is 0. The van der Waals surface area contributed by atoms with E-state index < -0.39 is 31.3 Å². The maximum absolute atomic E-state index is 10.7. The molecule has 0 spiro atoms. The van der Waals surface area contributed by atoms with Crippen LogP contribution in [0.4, 0.5) is 26.3 Å². The molecule has 0 radical (unpaired) electrons. The van der Waals surface area contributed by atoms with Crippen LogP contribution in [0, 0.1) is 0 Å². The van der Waals surface area contributed by atoms with Crippen LogP contribution in [0.25, 0.3) is 0 Å². The van der Waals surface area contributed by atoms with E-state index in [-0.39, 0.29) is 34.1 Å². The van der Waals surface area contributed by atoms with E-state index in [1.807, 2.05) is 0 Å². The molecule has 0 atom stereocenters. The van der Waals surface area contributed by atoms with Gasteiger partial charge in [-0.25, -0.2) is 0 Å². The standard InChI is InChI=1S/2CHF3O3S.2Fe/c2*2-1(3,4)8(5,6)7;;/h2*(H,5,6,7);;. The summed E-state index contributed by atoms with van der Waals surface area (Å²) in [5.41, 5.74) is -11.1. The SMILES string of the molecule is O=S(=O)(O)C(F)(F)F.O=S(=O)(O)C(F)(F)F.[Fe].[Fe]. The zero-order valence-electron chi connectivity index (χ0n) is 7.32. The minimum Gasteiger partial charge on any atom is -0.279 e. The second-order valence-corrected chi connectivity index (χ2v) is 4.67. The van der Waals surface area contributed by atoms with Gasteiger partial charge in [-0.05, 0) is 0 Å². The minimum atomic E-state index is -5.84. The van der Waals surface area contributed by atoms with E-state index in [1.165, 1.54) is 0 Å². The Kier molecular flexibility index (Phi) is 11.8. The van der Waals surface area contributed by atoms with E-state index in [0.717, 1.165) is 0 Å². The molecule has 0 aromatic heterocycles. The molecule has 0 aromatic rings. The first kappa shape index (κ1) is 26.9. The molecule has 18 heavy (non-hydrogen) atoms. The maximum Gasteiger partial charge on any atom is 0.522 e. The molecule has 0 saturated carbocycles. The second-order valence-electron chi connectivity index (χ2n) is 1.84. The Morgan fingerprint density at radius 1 is 0.611 bits per heavy atom. The average Bonchev–Trinajstić information content (AvgIpc) is 1.77. The molecule has 0 bridgehead atoms. The monoisotopic (exact) mass is 412 g/mol. The van der Waals surface area contributed by atoms with E-state index in [0.29, 0.717) is 0 Å². The molecule has 2 N–H and O–H groups in total. The first-order valence-corrected chi connectivity index (χ1v) is 5.45. The number of halogens is 6. The summed E-state index contributed by atoms with van der Waals surface area (Å²) >= 11 is 0. The molecule has 0 saturated heterocycles. The fraction of sp³-hybridized carbons (Fsp3) is 1.00. The first-order valence-electron chi connectivity index (χ1n) is 2.57. The smallest absolute Gasteiger partial charge is 0.279 e. The zero-order chi connectivity index (χ0) is 14.0. The van der Waals surface area contributed by atoms with E-state index in [2.05, 4.69) is 0 Å². The molecule has 16 heteroatoms. The van der Waals surface area contributed by atoms with E-state index >= 15 is 0 Å². The van der Waals surface area contributed by atoms with Crippen LogP contribution >= 0.6 is 0 Å².